The van der Waals surface area contributed by atoms with Crippen LogP contribution in [-0.4, -0.2) is 27.9 Å². The molecule has 3 heteroatoms. The number of benzene rings is 2. The van der Waals surface area contributed by atoms with Gasteiger partial charge in [-0.2, -0.15) is 0 Å². The van der Waals surface area contributed by atoms with Crippen molar-refractivity contribution in [3.8, 4) is 5.75 Å². The molecule has 2 rings (SSSR count). The highest BCUT2D eigenvalue weighted by atomic mass is 28.3. The van der Waals surface area contributed by atoms with E-state index in [0.29, 0.717) is 0 Å². The molecule has 0 fully saturated rings. The van der Waals surface area contributed by atoms with Gasteiger partial charge in [0.1, 0.15) is 5.75 Å². The van der Waals surface area contributed by atoms with Crippen molar-refractivity contribution < 1.29 is 9.47 Å². The third kappa shape index (κ3) is 10.9. The second-order valence-corrected chi connectivity index (χ2v) is 15.3. The van der Waals surface area contributed by atoms with E-state index in [0.717, 1.165) is 31.6 Å². The van der Waals surface area contributed by atoms with E-state index in [4.69, 9.17) is 9.47 Å². The molecule has 2 nitrogen and oxygen atoms in total. The predicted molar refractivity (Wildman–Crippen MR) is 150 cm³/mol. The molecule has 0 aliphatic rings. The molecule has 0 saturated carbocycles. The molecule has 2 aromatic rings. The van der Waals surface area contributed by atoms with Crippen molar-refractivity contribution in [2.24, 2.45) is 0 Å². The standard InChI is InChI=1S/C31H46O2Si/c1-6-7-8-9-10-16-25-33-30(20-15-12-17-26-34(3,4)5)31(27-18-13-11-14-19-27)28-21-23-29(32-2)24-22-28/h11-14,18-19,21-24,26,30-31H,6-10,15-16,20,25H2,1-5H3. The first-order valence-electron chi connectivity index (χ1n) is 13.2. The Labute approximate surface area is 210 Å². The maximum Gasteiger partial charge on any atom is 0.118 e. The van der Waals surface area contributed by atoms with Crippen molar-refractivity contribution in [2.45, 2.75) is 90.0 Å². The SMILES string of the molecule is CCCCCCCCOC(CCC=C=C[Si](C)(C)C)C(c1ccccc1)c1ccc(OC)cc1. The fourth-order valence-corrected chi connectivity index (χ4v) is 4.81. The molecule has 34 heavy (non-hydrogen) atoms. The van der Waals surface area contributed by atoms with Crippen molar-refractivity contribution in [3.63, 3.8) is 0 Å². The number of hydrogen-bond acceptors (Lipinski definition) is 2. The van der Waals surface area contributed by atoms with E-state index in [-0.39, 0.29) is 12.0 Å². The number of hydrogen-bond donors (Lipinski definition) is 0. The lowest BCUT2D eigenvalue weighted by Crippen LogP contribution is -2.24. The van der Waals surface area contributed by atoms with Gasteiger partial charge in [0, 0.05) is 12.5 Å². The first kappa shape index (κ1) is 28.2. The van der Waals surface area contributed by atoms with Crippen molar-refractivity contribution in [1.82, 2.24) is 0 Å². The highest BCUT2D eigenvalue weighted by molar-refractivity contribution is 6.80. The predicted octanol–water partition coefficient (Wildman–Crippen LogP) is 8.94. The summed E-state index contributed by atoms with van der Waals surface area (Å²) in [7, 11) is 0.498. The fraction of sp³-hybridized carbons (Fsp3) is 0.516. The minimum absolute atomic E-state index is 0.122. The van der Waals surface area contributed by atoms with Gasteiger partial charge in [0.05, 0.1) is 21.3 Å². The van der Waals surface area contributed by atoms with E-state index in [1.807, 2.05) is 0 Å². The lowest BCUT2D eigenvalue weighted by Gasteiger charge is -2.28. The summed E-state index contributed by atoms with van der Waals surface area (Å²) in [6.45, 7) is 10.1. The summed E-state index contributed by atoms with van der Waals surface area (Å²) in [6, 6.07) is 19.3. The molecule has 0 bridgehead atoms. The average Bonchev–Trinajstić information content (AvgIpc) is 2.83. The monoisotopic (exact) mass is 478 g/mol. The zero-order chi connectivity index (χ0) is 24.7. The molecule has 0 heterocycles. The number of methoxy groups -OCH3 is 1. The van der Waals surface area contributed by atoms with Gasteiger partial charge in [-0.3, -0.25) is 0 Å². The summed E-state index contributed by atoms with van der Waals surface area (Å²) in [6.07, 6.45) is 12.0. The summed E-state index contributed by atoms with van der Waals surface area (Å²) in [5.74, 6) is 1.08. The maximum absolute atomic E-state index is 6.64. The Morgan fingerprint density at radius 3 is 2.15 bits per heavy atom. The lowest BCUT2D eigenvalue weighted by atomic mass is 9.84. The molecule has 0 amide bonds. The van der Waals surface area contributed by atoms with Crippen LogP contribution >= 0.6 is 0 Å². The van der Waals surface area contributed by atoms with Crippen LogP contribution in [0.25, 0.3) is 0 Å². The molecule has 0 aromatic heterocycles. The quantitative estimate of drug-likeness (QED) is 0.136. The first-order valence-corrected chi connectivity index (χ1v) is 16.7. The fourth-order valence-electron chi connectivity index (χ4n) is 4.20. The van der Waals surface area contributed by atoms with Crippen molar-refractivity contribution >= 4 is 8.07 Å². The summed E-state index contributed by atoms with van der Waals surface area (Å²) >= 11 is 0. The van der Waals surface area contributed by atoms with Crippen LogP contribution in [0.2, 0.25) is 19.6 Å². The Balaban J connectivity index is 2.19. The van der Waals surface area contributed by atoms with Crippen LogP contribution in [-0.2, 0) is 4.74 Å². The Bertz CT molecular complexity index is 845. The summed E-state index contributed by atoms with van der Waals surface area (Å²) in [5, 5.41) is 0. The minimum atomic E-state index is -1.22. The number of allylic oxidation sites excluding steroid dienone is 1. The molecule has 186 valence electrons. The van der Waals surface area contributed by atoms with Gasteiger partial charge < -0.3 is 9.47 Å². The molecule has 0 radical (unpaired) electrons. The molecule has 2 atom stereocenters. The summed E-state index contributed by atoms with van der Waals surface area (Å²) in [4.78, 5) is 0. The third-order valence-electron chi connectivity index (χ3n) is 6.06. The maximum atomic E-state index is 6.64. The van der Waals surface area contributed by atoms with E-state index in [2.05, 4.69) is 98.7 Å². The van der Waals surface area contributed by atoms with Crippen LogP contribution in [0.3, 0.4) is 0 Å². The molecule has 0 spiro atoms. The van der Waals surface area contributed by atoms with E-state index in [9.17, 15) is 0 Å². The normalized spacial score (nSPS) is 13.1. The van der Waals surface area contributed by atoms with E-state index in [1.165, 1.54) is 43.2 Å². The zero-order valence-electron chi connectivity index (χ0n) is 22.2. The van der Waals surface area contributed by atoms with Gasteiger partial charge >= 0.3 is 0 Å². The largest absolute Gasteiger partial charge is 0.497 e. The molecule has 0 N–H and O–H groups in total. The minimum Gasteiger partial charge on any atom is -0.497 e. The molecule has 2 unspecified atom stereocenters. The Morgan fingerprint density at radius 2 is 1.50 bits per heavy atom. The van der Waals surface area contributed by atoms with Gasteiger partial charge in [-0.1, -0.05) is 107 Å². The average molecular weight is 479 g/mol. The van der Waals surface area contributed by atoms with Gasteiger partial charge in [0.25, 0.3) is 0 Å². The van der Waals surface area contributed by atoms with Gasteiger partial charge in [-0.25, -0.2) is 0 Å². The molecule has 0 saturated heterocycles. The zero-order valence-corrected chi connectivity index (χ0v) is 23.2. The summed E-state index contributed by atoms with van der Waals surface area (Å²) in [5.41, 5.74) is 8.33. The first-order chi connectivity index (χ1) is 16.4. The second kappa shape index (κ2) is 15.8. The molecule has 0 aliphatic heterocycles. The third-order valence-corrected chi connectivity index (χ3v) is 7.10. The van der Waals surface area contributed by atoms with E-state index in [1.54, 1.807) is 7.11 Å². The van der Waals surface area contributed by atoms with Crippen LogP contribution < -0.4 is 4.74 Å². The van der Waals surface area contributed by atoms with Gasteiger partial charge in [-0.05, 0) is 48.6 Å². The Morgan fingerprint density at radius 1 is 0.853 bits per heavy atom. The van der Waals surface area contributed by atoms with Crippen LogP contribution in [0.1, 0.15) is 75.3 Å². The van der Waals surface area contributed by atoms with Crippen LogP contribution in [0.5, 0.6) is 5.75 Å². The number of rotatable bonds is 16. The van der Waals surface area contributed by atoms with Gasteiger partial charge in [-0.15, -0.1) is 5.73 Å². The smallest absolute Gasteiger partial charge is 0.118 e. The van der Waals surface area contributed by atoms with Crippen molar-refractivity contribution in [1.29, 1.82) is 0 Å². The van der Waals surface area contributed by atoms with Crippen LogP contribution in [0, 0.1) is 0 Å². The van der Waals surface area contributed by atoms with Crippen molar-refractivity contribution in [3.05, 3.63) is 83.2 Å². The Hall–Kier alpha value is -2.06. The molecular weight excluding hydrogens is 432 g/mol. The van der Waals surface area contributed by atoms with Crippen LogP contribution in [0.4, 0.5) is 0 Å². The van der Waals surface area contributed by atoms with E-state index >= 15 is 0 Å². The molecular formula is C31H46O2Si. The van der Waals surface area contributed by atoms with Crippen LogP contribution in [0.15, 0.2) is 72.1 Å². The second-order valence-electron chi connectivity index (χ2n) is 10.3. The van der Waals surface area contributed by atoms with Gasteiger partial charge in [0.15, 0.2) is 0 Å². The lowest BCUT2D eigenvalue weighted by molar-refractivity contribution is 0.0346. The van der Waals surface area contributed by atoms with Gasteiger partial charge in [0.2, 0.25) is 0 Å². The number of ether oxygens (including phenoxy) is 2. The number of unbranched alkanes of at least 4 members (excludes halogenated alkanes) is 5. The topological polar surface area (TPSA) is 18.5 Å². The molecule has 0 aliphatic carbocycles. The molecule has 2 aromatic carbocycles. The summed E-state index contributed by atoms with van der Waals surface area (Å²) < 4.78 is 12.1. The highest BCUT2D eigenvalue weighted by Gasteiger charge is 2.25. The van der Waals surface area contributed by atoms with Crippen molar-refractivity contribution in [2.75, 3.05) is 13.7 Å². The Kier molecular flexibility index (Phi) is 13.1. The highest BCUT2D eigenvalue weighted by Crippen LogP contribution is 2.33. The van der Waals surface area contributed by atoms with E-state index < -0.39 is 8.07 Å².